The van der Waals surface area contributed by atoms with Crippen LogP contribution < -0.4 is 5.73 Å². The molecule has 0 aromatic heterocycles. The van der Waals surface area contributed by atoms with Crippen LogP contribution in [0.5, 0.6) is 0 Å². The monoisotopic (exact) mass is 313 g/mol. The van der Waals surface area contributed by atoms with Crippen molar-refractivity contribution in [2.75, 3.05) is 0 Å². The quantitative estimate of drug-likeness (QED) is 0.684. The Labute approximate surface area is 134 Å². The van der Waals surface area contributed by atoms with Crippen molar-refractivity contribution >= 4 is 5.97 Å². The first-order valence-corrected chi connectivity index (χ1v) is 7.40. The topological polar surface area (TPSA) is 104 Å². The Hall–Kier alpha value is -2.21. The molecule has 0 saturated heterocycles. The molecular weight excluding hydrogens is 294 g/mol. The van der Waals surface area contributed by atoms with Gasteiger partial charge in [0, 0.05) is 12.8 Å². The molecule has 5 heteroatoms. The number of aliphatic hydroxyl groups is 2. The van der Waals surface area contributed by atoms with Gasteiger partial charge in [-0.25, -0.2) is 0 Å². The van der Waals surface area contributed by atoms with Gasteiger partial charge in [0.2, 0.25) is 0 Å². The molecule has 5 N–H and O–H groups in total. The number of carboxylic acid groups (broad SMARTS) is 1. The van der Waals surface area contributed by atoms with Crippen LogP contribution in [0.2, 0.25) is 0 Å². The zero-order valence-electron chi connectivity index (χ0n) is 12.5. The second kappa shape index (κ2) is 5.16. The lowest BCUT2D eigenvalue weighted by atomic mass is 9.76. The lowest BCUT2D eigenvalue weighted by Crippen LogP contribution is -2.47. The number of rotatable bonds is 3. The number of aliphatic carboxylic acids is 1. The molecule has 2 aromatic rings. The molecule has 120 valence electrons. The maximum absolute atomic E-state index is 11.6. The molecule has 0 spiro atoms. The zero-order valence-corrected chi connectivity index (χ0v) is 12.5. The number of carbonyl (C=O) groups is 1. The van der Waals surface area contributed by atoms with Gasteiger partial charge in [0.05, 0.1) is 0 Å². The minimum atomic E-state index is -1.79. The summed E-state index contributed by atoms with van der Waals surface area (Å²) >= 11 is 0. The summed E-state index contributed by atoms with van der Waals surface area (Å²) in [7, 11) is 0. The Morgan fingerprint density at radius 2 is 1.17 bits per heavy atom. The molecule has 1 saturated carbocycles. The van der Waals surface area contributed by atoms with E-state index in [9.17, 15) is 20.1 Å². The van der Waals surface area contributed by atoms with E-state index >= 15 is 0 Å². The minimum absolute atomic E-state index is 0.273. The second-order valence-corrected chi connectivity index (χ2v) is 6.27. The Morgan fingerprint density at radius 3 is 1.48 bits per heavy atom. The van der Waals surface area contributed by atoms with Gasteiger partial charge in [-0.05, 0) is 11.1 Å². The highest BCUT2D eigenvalue weighted by atomic mass is 16.4. The van der Waals surface area contributed by atoms with Crippen LogP contribution in [-0.4, -0.2) is 26.8 Å². The van der Waals surface area contributed by atoms with Gasteiger partial charge in [-0.3, -0.25) is 4.79 Å². The standard InChI is InChI=1S/C18H19NO4/c19-16(15(20)21)11-17(22,13-7-3-1-4-8-13)18(23,12-16)14-9-5-2-6-10-14/h1-10,22-23H,11-12,19H2,(H,20,21)/t17-,18-/m0/s1. The summed E-state index contributed by atoms with van der Waals surface area (Å²) in [6, 6.07) is 17.2. The summed E-state index contributed by atoms with van der Waals surface area (Å²) in [6.45, 7) is 0. The van der Waals surface area contributed by atoms with E-state index in [4.69, 9.17) is 5.73 Å². The normalized spacial score (nSPS) is 29.3. The highest BCUT2D eigenvalue weighted by Crippen LogP contribution is 2.55. The van der Waals surface area contributed by atoms with Crippen molar-refractivity contribution in [1.82, 2.24) is 0 Å². The number of benzene rings is 2. The maximum Gasteiger partial charge on any atom is 0.323 e. The highest BCUT2D eigenvalue weighted by Gasteiger charge is 2.65. The largest absolute Gasteiger partial charge is 0.480 e. The average Bonchev–Trinajstić information content (AvgIpc) is 2.78. The summed E-state index contributed by atoms with van der Waals surface area (Å²) in [5.41, 5.74) is 1.61. The van der Waals surface area contributed by atoms with Gasteiger partial charge in [0.1, 0.15) is 16.7 Å². The minimum Gasteiger partial charge on any atom is -0.480 e. The molecule has 1 aliphatic carbocycles. The Bertz CT molecular complexity index is 665. The average molecular weight is 313 g/mol. The van der Waals surface area contributed by atoms with Crippen LogP contribution in [0.3, 0.4) is 0 Å². The van der Waals surface area contributed by atoms with Crippen LogP contribution in [0, 0.1) is 0 Å². The first-order chi connectivity index (χ1) is 10.8. The van der Waals surface area contributed by atoms with E-state index in [1.807, 2.05) is 0 Å². The van der Waals surface area contributed by atoms with Crippen LogP contribution in [0.15, 0.2) is 60.7 Å². The molecule has 2 aromatic carbocycles. The number of nitrogens with two attached hydrogens (primary N) is 1. The van der Waals surface area contributed by atoms with Crippen LogP contribution in [0.1, 0.15) is 24.0 Å². The molecule has 0 heterocycles. The number of carboxylic acids is 1. The molecule has 0 bridgehead atoms. The van der Waals surface area contributed by atoms with E-state index < -0.39 is 22.7 Å². The summed E-state index contributed by atoms with van der Waals surface area (Å²) < 4.78 is 0. The predicted octanol–water partition coefficient (Wildman–Crippen LogP) is 1.34. The van der Waals surface area contributed by atoms with Crippen molar-refractivity contribution in [3.63, 3.8) is 0 Å². The second-order valence-electron chi connectivity index (χ2n) is 6.27. The van der Waals surface area contributed by atoms with Gasteiger partial charge in [0.15, 0.2) is 0 Å². The summed E-state index contributed by atoms with van der Waals surface area (Å²) in [5.74, 6) is -1.24. The molecule has 0 radical (unpaired) electrons. The number of hydrogen-bond acceptors (Lipinski definition) is 4. The molecule has 0 aliphatic heterocycles. The smallest absolute Gasteiger partial charge is 0.323 e. The van der Waals surface area contributed by atoms with Crippen LogP contribution in [-0.2, 0) is 16.0 Å². The summed E-state index contributed by atoms with van der Waals surface area (Å²) in [6.07, 6.45) is -0.546. The van der Waals surface area contributed by atoms with E-state index in [1.54, 1.807) is 60.7 Å². The Morgan fingerprint density at radius 1 is 0.826 bits per heavy atom. The van der Waals surface area contributed by atoms with Crippen molar-refractivity contribution < 1.29 is 20.1 Å². The van der Waals surface area contributed by atoms with E-state index in [2.05, 4.69) is 0 Å². The third-order valence-electron chi connectivity index (χ3n) is 4.76. The number of hydrogen-bond donors (Lipinski definition) is 4. The van der Waals surface area contributed by atoms with Crippen LogP contribution in [0.25, 0.3) is 0 Å². The summed E-state index contributed by atoms with van der Waals surface area (Å²) in [5, 5.41) is 32.1. The van der Waals surface area contributed by atoms with Gasteiger partial charge in [-0.15, -0.1) is 0 Å². The van der Waals surface area contributed by atoms with Crippen LogP contribution in [0.4, 0.5) is 0 Å². The molecule has 0 amide bonds. The molecule has 1 fully saturated rings. The molecule has 2 atom stereocenters. The highest BCUT2D eigenvalue weighted by molar-refractivity contribution is 5.80. The maximum atomic E-state index is 11.6. The summed E-state index contributed by atoms with van der Waals surface area (Å²) in [4.78, 5) is 11.6. The van der Waals surface area contributed by atoms with Crippen molar-refractivity contribution in [1.29, 1.82) is 0 Å². The van der Waals surface area contributed by atoms with Gasteiger partial charge in [-0.1, -0.05) is 60.7 Å². The van der Waals surface area contributed by atoms with Crippen molar-refractivity contribution in [2.24, 2.45) is 5.73 Å². The lowest BCUT2D eigenvalue weighted by Gasteiger charge is -2.38. The SMILES string of the molecule is NC1(C(=O)O)C[C@](O)(c2ccccc2)[C@@](O)(c2ccccc2)C1. The third kappa shape index (κ3) is 2.25. The molecule has 23 heavy (non-hydrogen) atoms. The van der Waals surface area contributed by atoms with Crippen molar-refractivity contribution in [3.05, 3.63) is 71.8 Å². The first-order valence-electron chi connectivity index (χ1n) is 7.40. The van der Waals surface area contributed by atoms with Gasteiger partial charge in [-0.2, -0.15) is 0 Å². The van der Waals surface area contributed by atoms with E-state index in [-0.39, 0.29) is 12.8 Å². The lowest BCUT2D eigenvalue weighted by molar-refractivity contribution is -0.143. The molecule has 0 unspecified atom stereocenters. The molecular formula is C18H19NO4. The zero-order chi connectivity index (χ0) is 16.7. The fourth-order valence-electron chi connectivity index (χ4n) is 3.53. The van der Waals surface area contributed by atoms with Crippen LogP contribution >= 0.6 is 0 Å². The van der Waals surface area contributed by atoms with Gasteiger partial charge in [0.25, 0.3) is 0 Å². The van der Waals surface area contributed by atoms with Gasteiger partial charge >= 0.3 is 5.97 Å². The molecule has 3 rings (SSSR count). The van der Waals surface area contributed by atoms with Gasteiger partial charge < -0.3 is 21.1 Å². The fourth-order valence-corrected chi connectivity index (χ4v) is 3.53. The molecule has 5 nitrogen and oxygen atoms in total. The fraction of sp³-hybridized carbons (Fsp3) is 0.278. The Kier molecular flexibility index (Phi) is 3.52. The van der Waals surface area contributed by atoms with E-state index in [0.717, 1.165) is 0 Å². The van der Waals surface area contributed by atoms with E-state index in [1.165, 1.54) is 0 Å². The first kappa shape index (κ1) is 15.7. The van der Waals surface area contributed by atoms with Crippen molar-refractivity contribution in [2.45, 2.75) is 29.6 Å². The predicted molar refractivity (Wildman–Crippen MR) is 84.5 cm³/mol. The van der Waals surface area contributed by atoms with E-state index in [0.29, 0.717) is 11.1 Å². The Balaban J connectivity index is 2.20. The molecule has 1 aliphatic rings. The third-order valence-corrected chi connectivity index (χ3v) is 4.76. The van der Waals surface area contributed by atoms with Crippen molar-refractivity contribution in [3.8, 4) is 0 Å².